The Labute approximate surface area is 205 Å². The Hall–Kier alpha value is -3.42. The molecule has 3 aromatic rings. The molecule has 2 heterocycles. The summed E-state index contributed by atoms with van der Waals surface area (Å²) in [5.74, 6) is -0.588. The summed E-state index contributed by atoms with van der Waals surface area (Å²) in [6.07, 6.45) is 4.25. The zero-order valence-corrected chi connectivity index (χ0v) is 20.1. The molecule has 1 aromatic heterocycles. The third-order valence-electron chi connectivity index (χ3n) is 6.37. The molecule has 3 atom stereocenters. The molecule has 1 amide bonds. The molecule has 0 spiro atoms. The van der Waals surface area contributed by atoms with E-state index in [1.807, 2.05) is 73.8 Å². The van der Waals surface area contributed by atoms with E-state index < -0.39 is 6.29 Å². The van der Waals surface area contributed by atoms with Crippen LogP contribution in [0.4, 0.5) is 0 Å². The van der Waals surface area contributed by atoms with Crippen molar-refractivity contribution in [1.29, 1.82) is 0 Å². The van der Waals surface area contributed by atoms with Gasteiger partial charge in [-0.2, -0.15) is 0 Å². The van der Waals surface area contributed by atoms with Gasteiger partial charge in [0.15, 0.2) is 5.76 Å². The van der Waals surface area contributed by atoms with Gasteiger partial charge in [-0.1, -0.05) is 48.5 Å². The lowest BCUT2D eigenvalue weighted by Gasteiger charge is -2.36. The molecule has 0 unspecified atom stereocenters. The summed E-state index contributed by atoms with van der Waals surface area (Å²) in [5, 5.41) is 13.4. The van der Waals surface area contributed by atoms with Crippen molar-refractivity contribution in [3.05, 3.63) is 83.8 Å². The monoisotopic (exact) mass is 476 g/mol. The number of para-hydroxylation sites is 1. The smallest absolute Gasteiger partial charge is 0.286 e. The maximum Gasteiger partial charge on any atom is 0.286 e. The molecule has 7 nitrogen and oxygen atoms in total. The second-order valence-corrected chi connectivity index (χ2v) is 8.69. The molecular weight excluding hydrogens is 444 g/mol. The Kier molecular flexibility index (Phi) is 8.00. The number of aliphatic hydroxyl groups excluding tert-OH is 1. The van der Waals surface area contributed by atoms with Crippen LogP contribution in [0.15, 0.2) is 72.6 Å². The Balaban J connectivity index is 1.74. The lowest BCUT2D eigenvalue weighted by Crippen LogP contribution is -2.39. The molecule has 4 rings (SSSR count). The summed E-state index contributed by atoms with van der Waals surface area (Å²) in [7, 11) is 0. The molecule has 0 bridgehead atoms. The van der Waals surface area contributed by atoms with Crippen molar-refractivity contribution in [2.45, 2.75) is 45.4 Å². The normalized spacial score (nSPS) is 19.7. The molecule has 1 aliphatic heterocycles. The van der Waals surface area contributed by atoms with E-state index in [0.717, 1.165) is 22.0 Å². The Morgan fingerprint density at radius 1 is 1.11 bits per heavy atom. The quantitative estimate of drug-likeness (QED) is 0.479. The summed E-state index contributed by atoms with van der Waals surface area (Å²) in [6.45, 7) is 4.26. The molecule has 7 heteroatoms. The number of carbonyl (C=O) groups excluding carboxylic acids is 2. The van der Waals surface area contributed by atoms with Crippen molar-refractivity contribution in [3.8, 4) is 0 Å². The third-order valence-corrected chi connectivity index (χ3v) is 6.37. The summed E-state index contributed by atoms with van der Waals surface area (Å²) < 4.78 is 13.7. The molecule has 0 saturated heterocycles. The zero-order chi connectivity index (χ0) is 24.8. The number of benzene rings is 2. The second kappa shape index (κ2) is 11.3. The van der Waals surface area contributed by atoms with Crippen molar-refractivity contribution >= 4 is 22.7 Å². The van der Waals surface area contributed by atoms with Gasteiger partial charge in [-0.05, 0) is 43.0 Å². The SMILES string of the molecule is CCO[C@H]1OC(C(=O)NCc2ccccc2)=C[C@@H](c2cn(C(C)=O)c3ccccc23)[C@@H]1CCCO. The predicted octanol–water partition coefficient (Wildman–Crippen LogP) is 4.37. The van der Waals surface area contributed by atoms with E-state index in [2.05, 4.69) is 5.32 Å². The van der Waals surface area contributed by atoms with Crippen LogP contribution in [-0.2, 0) is 20.8 Å². The van der Waals surface area contributed by atoms with Crippen molar-refractivity contribution in [2.75, 3.05) is 13.2 Å². The number of amides is 1. The summed E-state index contributed by atoms with van der Waals surface area (Å²) >= 11 is 0. The van der Waals surface area contributed by atoms with Gasteiger partial charge < -0.3 is 19.9 Å². The van der Waals surface area contributed by atoms with Gasteiger partial charge >= 0.3 is 0 Å². The fourth-order valence-corrected chi connectivity index (χ4v) is 4.72. The molecule has 2 aromatic carbocycles. The highest BCUT2D eigenvalue weighted by molar-refractivity contribution is 5.95. The van der Waals surface area contributed by atoms with Crippen LogP contribution in [-0.4, -0.2) is 41.0 Å². The molecule has 0 radical (unpaired) electrons. The lowest BCUT2D eigenvalue weighted by atomic mass is 9.80. The van der Waals surface area contributed by atoms with Crippen molar-refractivity contribution < 1.29 is 24.2 Å². The molecule has 184 valence electrons. The summed E-state index contributed by atoms with van der Waals surface area (Å²) in [4.78, 5) is 25.5. The highest BCUT2D eigenvalue weighted by Crippen LogP contribution is 2.42. The van der Waals surface area contributed by atoms with Crippen LogP contribution >= 0.6 is 0 Å². The lowest BCUT2D eigenvalue weighted by molar-refractivity contribution is -0.166. The number of nitrogens with one attached hydrogen (secondary N) is 1. The highest BCUT2D eigenvalue weighted by atomic mass is 16.7. The first-order chi connectivity index (χ1) is 17.0. The topological polar surface area (TPSA) is 89.8 Å². The van der Waals surface area contributed by atoms with Gasteiger partial charge in [0.2, 0.25) is 12.2 Å². The zero-order valence-electron chi connectivity index (χ0n) is 20.1. The van der Waals surface area contributed by atoms with E-state index in [0.29, 0.717) is 26.0 Å². The fourth-order valence-electron chi connectivity index (χ4n) is 4.72. The standard InChI is InChI=1S/C28H32N2O5/c1-3-34-28-22(13-9-15-31)23(24-18-30(19(2)32)25-14-8-7-12-21(24)25)16-26(35-28)27(33)29-17-20-10-5-4-6-11-20/h4-8,10-12,14,16,18,22-23,28,31H,3,9,13,15,17H2,1-2H3,(H,29,33)/t22-,23+,28-/m0/s1. The number of ether oxygens (including phenoxy) is 2. The van der Waals surface area contributed by atoms with E-state index in [9.17, 15) is 14.7 Å². The second-order valence-electron chi connectivity index (χ2n) is 8.69. The molecule has 0 fully saturated rings. The summed E-state index contributed by atoms with van der Waals surface area (Å²) in [6, 6.07) is 17.4. The molecular formula is C28H32N2O5. The first-order valence-electron chi connectivity index (χ1n) is 12.1. The van der Waals surface area contributed by atoms with Crippen LogP contribution in [0.1, 0.15) is 48.5 Å². The minimum atomic E-state index is -0.654. The number of carbonyl (C=O) groups is 2. The van der Waals surface area contributed by atoms with E-state index >= 15 is 0 Å². The Morgan fingerprint density at radius 2 is 1.86 bits per heavy atom. The average Bonchev–Trinajstić information content (AvgIpc) is 3.27. The van der Waals surface area contributed by atoms with Crippen molar-refractivity contribution in [1.82, 2.24) is 9.88 Å². The van der Waals surface area contributed by atoms with Crippen molar-refractivity contribution in [2.24, 2.45) is 5.92 Å². The number of nitrogens with zero attached hydrogens (tertiary/aromatic N) is 1. The first kappa shape index (κ1) is 24.7. The average molecular weight is 477 g/mol. The number of rotatable bonds is 9. The first-order valence-corrected chi connectivity index (χ1v) is 12.1. The minimum absolute atomic E-state index is 0.0470. The highest BCUT2D eigenvalue weighted by Gasteiger charge is 2.39. The molecule has 35 heavy (non-hydrogen) atoms. The number of allylic oxidation sites excluding steroid dienone is 1. The van der Waals surface area contributed by atoms with Crippen LogP contribution in [0.3, 0.4) is 0 Å². The van der Waals surface area contributed by atoms with Crippen LogP contribution in [0, 0.1) is 5.92 Å². The van der Waals surface area contributed by atoms with Gasteiger partial charge in [-0.25, -0.2) is 0 Å². The van der Waals surface area contributed by atoms with E-state index in [-0.39, 0.29) is 36.0 Å². The van der Waals surface area contributed by atoms with E-state index in [1.54, 1.807) is 4.57 Å². The van der Waals surface area contributed by atoms with Gasteiger partial charge in [0.05, 0.1) is 5.52 Å². The van der Waals surface area contributed by atoms with Crippen LogP contribution in [0.25, 0.3) is 10.9 Å². The third kappa shape index (κ3) is 5.47. The van der Waals surface area contributed by atoms with Crippen molar-refractivity contribution in [3.63, 3.8) is 0 Å². The summed E-state index contributed by atoms with van der Waals surface area (Å²) in [5.41, 5.74) is 2.74. The van der Waals surface area contributed by atoms with Gasteiger partial charge in [0, 0.05) is 50.1 Å². The molecule has 2 N–H and O–H groups in total. The van der Waals surface area contributed by atoms with Crippen LogP contribution < -0.4 is 5.32 Å². The maximum absolute atomic E-state index is 13.1. The van der Waals surface area contributed by atoms with Gasteiger partial charge in [-0.3, -0.25) is 14.2 Å². The number of hydrogen-bond acceptors (Lipinski definition) is 5. The molecule has 0 aliphatic carbocycles. The van der Waals surface area contributed by atoms with E-state index in [1.165, 1.54) is 6.92 Å². The molecule has 0 saturated carbocycles. The number of fused-ring (bicyclic) bond motifs is 1. The van der Waals surface area contributed by atoms with E-state index in [4.69, 9.17) is 9.47 Å². The fraction of sp³-hybridized carbons (Fsp3) is 0.357. The van der Waals surface area contributed by atoms with Gasteiger partial charge in [0.1, 0.15) is 0 Å². The van der Waals surface area contributed by atoms with Gasteiger partial charge in [-0.15, -0.1) is 0 Å². The number of aliphatic hydroxyl groups is 1. The Morgan fingerprint density at radius 3 is 2.57 bits per heavy atom. The predicted molar refractivity (Wildman–Crippen MR) is 134 cm³/mol. The van der Waals surface area contributed by atoms with Crippen LogP contribution in [0.2, 0.25) is 0 Å². The maximum atomic E-state index is 13.1. The minimum Gasteiger partial charge on any atom is -0.459 e. The number of hydrogen-bond donors (Lipinski definition) is 2. The van der Waals surface area contributed by atoms with Crippen LogP contribution in [0.5, 0.6) is 0 Å². The van der Waals surface area contributed by atoms with Gasteiger partial charge in [0.25, 0.3) is 5.91 Å². The largest absolute Gasteiger partial charge is 0.459 e. The Bertz CT molecular complexity index is 1200. The number of aromatic nitrogens is 1. The molecule has 1 aliphatic rings.